The average Bonchev–Trinajstić information content (AvgIpc) is 2.78. The Kier molecular flexibility index (Phi) is 2.88. The number of carbonyl (C=O) groups excluding carboxylic acids is 1. The van der Waals surface area contributed by atoms with Crippen molar-refractivity contribution in [2.45, 2.75) is 5.60 Å². The van der Waals surface area contributed by atoms with E-state index < -0.39 is 11.6 Å². The Balaban J connectivity index is 2.22. The van der Waals surface area contributed by atoms with Crippen LogP contribution in [0.5, 0.6) is 0 Å². The molecule has 1 heterocycles. The van der Waals surface area contributed by atoms with Crippen LogP contribution >= 0.6 is 11.6 Å². The number of carbonyl (C=O) groups is 1. The fourth-order valence-electron chi connectivity index (χ4n) is 2.28. The van der Waals surface area contributed by atoms with E-state index in [0.29, 0.717) is 0 Å². The average molecular weight is 271 g/mol. The minimum absolute atomic E-state index is 0.118. The van der Waals surface area contributed by atoms with Crippen LogP contribution in [0.1, 0.15) is 11.1 Å². The van der Waals surface area contributed by atoms with E-state index in [0.717, 1.165) is 11.1 Å². The van der Waals surface area contributed by atoms with Crippen molar-refractivity contribution in [3.05, 3.63) is 82.9 Å². The van der Waals surface area contributed by atoms with Crippen molar-refractivity contribution in [1.29, 1.82) is 0 Å². The van der Waals surface area contributed by atoms with Crippen LogP contribution in [0.4, 0.5) is 0 Å². The Bertz CT molecular complexity index is 593. The largest absolute Gasteiger partial charge is 0.441 e. The molecular formula is C16H11ClO2. The molecule has 1 aliphatic rings. The third-order valence-corrected chi connectivity index (χ3v) is 3.45. The zero-order valence-electron chi connectivity index (χ0n) is 10.0. The first-order valence-electron chi connectivity index (χ1n) is 5.95. The van der Waals surface area contributed by atoms with Crippen molar-refractivity contribution in [2.24, 2.45) is 0 Å². The molecule has 0 saturated heterocycles. The lowest BCUT2D eigenvalue weighted by Gasteiger charge is -2.27. The molecule has 0 spiro atoms. The quantitative estimate of drug-likeness (QED) is 0.779. The summed E-state index contributed by atoms with van der Waals surface area (Å²) in [6.45, 7) is 0. The Labute approximate surface area is 116 Å². The molecular weight excluding hydrogens is 260 g/mol. The number of esters is 1. The van der Waals surface area contributed by atoms with Gasteiger partial charge in [0.05, 0.1) is 0 Å². The molecule has 2 nitrogen and oxygen atoms in total. The highest BCUT2D eigenvalue weighted by Gasteiger charge is 2.42. The summed E-state index contributed by atoms with van der Waals surface area (Å²) >= 11 is 5.93. The van der Waals surface area contributed by atoms with Crippen molar-refractivity contribution in [1.82, 2.24) is 0 Å². The third-order valence-electron chi connectivity index (χ3n) is 3.18. The molecule has 3 rings (SSSR count). The first kappa shape index (κ1) is 12.0. The van der Waals surface area contributed by atoms with E-state index in [1.54, 1.807) is 6.08 Å². The Morgan fingerprint density at radius 1 is 0.842 bits per heavy atom. The maximum Gasteiger partial charge on any atom is 0.351 e. The molecule has 0 radical (unpaired) electrons. The van der Waals surface area contributed by atoms with E-state index in [1.807, 2.05) is 60.7 Å². The van der Waals surface area contributed by atoms with Crippen LogP contribution in [-0.4, -0.2) is 5.97 Å². The number of benzene rings is 2. The van der Waals surface area contributed by atoms with Crippen molar-refractivity contribution < 1.29 is 9.53 Å². The zero-order valence-corrected chi connectivity index (χ0v) is 10.8. The Morgan fingerprint density at radius 2 is 1.32 bits per heavy atom. The minimum Gasteiger partial charge on any atom is -0.441 e. The lowest BCUT2D eigenvalue weighted by molar-refractivity contribution is -0.143. The minimum atomic E-state index is -0.920. The van der Waals surface area contributed by atoms with E-state index >= 15 is 0 Å². The molecule has 0 saturated carbocycles. The highest BCUT2D eigenvalue weighted by Crippen LogP contribution is 2.41. The molecule has 1 aliphatic heterocycles. The highest BCUT2D eigenvalue weighted by atomic mass is 35.5. The second kappa shape index (κ2) is 4.56. The highest BCUT2D eigenvalue weighted by molar-refractivity contribution is 6.42. The number of rotatable bonds is 2. The lowest BCUT2D eigenvalue weighted by atomic mass is 9.86. The maximum absolute atomic E-state index is 11.7. The van der Waals surface area contributed by atoms with Crippen molar-refractivity contribution in [3.8, 4) is 0 Å². The number of halogens is 1. The second-order valence-corrected chi connectivity index (χ2v) is 4.76. The summed E-state index contributed by atoms with van der Waals surface area (Å²) < 4.78 is 5.57. The van der Waals surface area contributed by atoms with Crippen LogP contribution in [0.15, 0.2) is 71.8 Å². The number of hydrogen-bond acceptors (Lipinski definition) is 2. The smallest absolute Gasteiger partial charge is 0.351 e. The normalized spacial score (nSPS) is 16.9. The summed E-state index contributed by atoms with van der Waals surface area (Å²) in [6, 6.07) is 19.2. The molecule has 0 fully saturated rings. The number of cyclic esters (lactones) is 1. The second-order valence-electron chi connectivity index (χ2n) is 4.35. The fourth-order valence-corrected chi connectivity index (χ4v) is 2.48. The van der Waals surface area contributed by atoms with Crippen molar-refractivity contribution >= 4 is 17.6 Å². The van der Waals surface area contributed by atoms with E-state index in [9.17, 15) is 4.79 Å². The van der Waals surface area contributed by atoms with E-state index in [2.05, 4.69) is 0 Å². The molecule has 2 aromatic carbocycles. The van der Waals surface area contributed by atoms with Gasteiger partial charge in [-0.3, -0.25) is 0 Å². The van der Waals surface area contributed by atoms with Gasteiger partial charge < -0.3 is 4.74 Å². The molecule has 19 heavy (non-hydrogen) atoms. The van der Waals surface area contributed by atoms with E-state index in [-0.39, 0.29) is 5.03 Å². The van der Waals surface area contributed by atoms with Gasteiger partial charge in [0.1, 0.15) is 5.03 Å². The molecule has 0 atom stereocenters. The molecule has 0 amide bonds. The van der Waals surface area contributed by atoms with Gasteiger partial charge in [-0.1, -0.05) is 72.3 Å². The molecule has 2 aromatic rings. The van der Waals surface area contributed by atoms with Crippen LogP contribution in [0.2, 0.25) is 0 Å². The van der Waals surface area contributed by atoms with Gasteiger partial charge in [-0.15, -0.1) is 0 Å². The first-order chi connectivity index (χ1) is 9.22. The predicted octanol–water partition coefficient (Wildman–Crippen LogP) is 3.61. The summed E-state index contributed by atoms with van der Waals surface area (Å²) in [6.07, 6.45) is 1.67. The van der Waals surface area contributed by atoms with Gasteiger partial charge in [-0.05, 0) is 6.08 Å². The molecule has 0 N–H and O–H groups in total. The SMILES string of the molecule is O=C1OC(c2ccccc2)(c2ccccc2)C=C1Cl. The molecule has 3 heteroatoms. The number of ether oxygens (including phenoxy) is 1. The van der Waals surface area contributed by atoms with Gasteiger partial charge in [-0.25, -0.2) is 4.79 Å². The van der Waals surface area contributed by atoms with E-state index in [4.69, 9.17) is 16.3 Å². The van der Waals surface area contributed by atoms with Crippen LogP contribution < -0.4 is 0 Å². The van der Waals surface area contributed by atoms with Crippen LogP contribution in [0.25, 0.3) is 0 Å². The summed E-state index contributed by atoms with van der Waals surface area (Å²) in [5.41, 5.74) is 0.840. The van der Waals surface area contributed by atoms with Gasteiger partial charge in [0.25, 0.3) is 0 Å². The summed E-state index contributed by atoms with van der Waals surface area (Å²) in [5, 5.41) is 0.118. The van der Waals surface area contributed by atoms with Crippen molar-refractivity contribution in [3.63, 3.8) is 0 Å². The lowest BCUT2D eigenvalue weighted by Crippen LogP contribution is -2.26. The van der Waals surface area contributed by atoms with Gasteiger partial charge in [0.15, 0.2) is 5.60 Å². The Morgan fingerprint density at radius 3 is 1.68 bits per heavy atom. The summed E-state index contributed by atoms with van der Waals surface area (Å²) in [5.74, 6) is -0.491. The maximum atomic E-state index is 11.7. The predicted molar refractivity (Wildman–Crippen MR) is 73.7 cm³/mol. The molecule has 0 unspecified atom stereocenters. The van der Waals surface area contributed by atoms with Gasteiger partial charge in [-0.2, -0.15) is 0 Å². The monoisotopic (exact) mass is 270 g/mol. The third kappa shape index (κ3) is 1.94. The molecule has 0 aliphatic carbocycles. The number of hydrogen-bond donors (Lipinski definition) is 0. The van der Waals surface area contributed by atoms with E-state index in [1.165, 1.54) is 0 Å². The zero-order chi connectivity index (χ0) is 13.3. The van der Waals surface area contributed by atoms with Crippen LogP contribution in [0.3, 0.4) is 0 Å². The summed E-state index contributed by atoms with van der Waals surface area (Å²) in [7, 11) is 0. The molecule has 94 valence electrons. The first-order valence-corrected chi connectivity index (χ1v) is 6.33. The van der Waals surface area contributed by atoms with Gasteiger partial charge >= 0.3 is 5.97 Å². The van der Waals surface area contributed by atoms with Crippen molar-refractivity contribution in [2.75, 3.05) is 0 Å². The van der Waals surface area contributed by atoms with Gasteiger partial charge in [0, 0.05) is 11.1 Å². The molecule has 0 aromatic heterocycles. The van der Waals surface area contributed by atoms with Gasteiger partial charge in [0.2, 0.25) is 0 Å². The molecule has 0 bridgehead atoms. The van der Waals surface area contributed by atoms with Crippen LogP contribution in [0, 0.1) is 0 Å². The topological polar surface area (TPSA) is 26.3 Å². The fraction of sp³-hybridized carbons (Fsp3) is 0.0625. The standard InChI is InChI=1S/C16H11ClO2/c17-14-11-16(19-15(14)18,12-7-3-1-4-8-12)13-9-5-2-6-10-13/h1-11H. The van der Waals surface area contributed by atoms with Crippen LogP contribution in [-0.2, 0) is 15.1 Å². The Hall–Kier alpha value is -2.06. The summed E-state index contributed by atoms with van der Waals surface area (Å²) in [4.78, 5) is 11.7.